The number of ether oxygens (including phenoxy) is 1. The van der Waals surface area contributed by atoms with Gasteiger partial charge < -0.3 is 9.15 Å². The zero-order valence-electron chi connectivity index (χ0n) is 16.5. The molecule has 8 nitrogen and oxygen atoms in total. The number of ketones is 1. The second-order valence-corrected chi connectivity index (χ2v) is 7.21. The van der Waals surface area contributed by atoms with Crippen molar-refractivity contribution in [3.05, 3.63) is 65.5 Å². The smallest absolute Gasteiger partial charge is 0.230 e. The van der Waals surface area contributed by atoms with E-state index in [9.17, 15) is 4.79 Å². The number of carbonyl (C=O) groups is 1. The van der Waals surface area contributed by atoms with E-state index < -0.39 is 0 Å². The highest BCUT2D eigenvalue weighted by molar-refractivity contribution is 5.98. The monoisotopic (exact) mass is 401 g/mol. The van der Waals surface area contributed by atoms with Crippen molar-refractivity contribution >= 4 is 28.6 Å². The van der Waals surface area contributed by atoms with Crippen LogP contribution in [0.15, 0.2) is 47.2 Å². The Morgan fingerprint density at radius 1 is 1.10 bits per heavy atom. The highest BCUT2D eigenvalue weighted by Gasteiger charge is 2.29. The summed E-state index contributed by atoms with van der Waals surface area (Å²) in [7, 11) is 1.61. The van der Waals surface area contributed by atoms with Crippen molar-refractivity contribution in [2.45, 2.75) is 25.7 Å². The Labute approximate surface area is 172 Å². The standard InChI is InChI=1S/C22H19N5O3/c1-12-14-5-3-6-19(29-2)20(14)26-22(24-12)27-21-23-11-15-16(25-21)9-13(10-17(15)28)18-7-4-8-30-18/h3-8,11,13H,9-10H2,1-2H3,(H,23,24,25,26,27). The van der Waals surface area contributed by atoms with Crippen molar-refractivity contribution in [2.24, 2.45) is 0 Å². The quantitative estimate of drug-likeness (QED) is 0.548. The average molecular weight is 401 g/mol. The van der Waals surface area contributed by atoms with Crippen LogP contribution in [0.3, 0.4) is 0 Å². The van der Waals surface area contributed by atoms with Gasteiger partial charge in [-0.2, -0.15) is 0 Å². The summed E-state index contributed by atoms with van der Waals surface area (Å²) < 4.78 is 10.9. The Morgan fingerprint density at radius 2 is 2.00 bits per heavy atom. The van der Waals surface area contributed by atoms with E-state index in [2.05, 4.69) is 25.3 Å². The first-order valence-corrected chi connectivity index (χ1v) is 9.63. The summed E-state index contributed by atoms with van der Waals surface area (Å²) in [6.45, 7) is 1.91. The fourth-order valence-corrected chi connectivity index (χ4v) is 3.83. The second-order valence-electron chi connectivity index (χ2n) is 7.21. The second kappa shape index (κ2) is 7.22. The highest BCUT2D eigenvalue weighted by atomic mass is 16.5. The molecule has 0 radical (unpaired) electrons. The number of nitrogens with zero attached hydrogens (tertiary/aromatic N) is 4. The van der Waals surface area contributed by atoms with Gasteiger partial charge in [0.1, 0.15) is 17.0 Å². The number of nitrogens with one attached hydrogen (secondary N) is 1. The predicted octanol–water partition coefficient (Wildman–Crippen LogP) is 3.99. The minimum absolute atomic E-state index is 0.0201. The molecule has 0 fully saturated rings. The summed E-state index contributed by atoms with van der Waals surface area (Å²) in [5.74, 6) is 2.17. The van der Waals surface area contributed by atoms with Crippen LogP contribution in [0.2, 0.25) is 0 Å². The van der Waals surface area contributed by atoms with Crippen molar-refractivity contribution in [3.63, 3.8) is 0 Å². The lowest BCUT2D eigenvalue weighted by atomic mass is 9.85. The molecular formula is C22H19N5O3. The van der Waals surface area contributed by atoms with Gasteiger partial charge in [-0.15, -0.1) is 0 Å². The van der Waals surface area contributed by atoms with Crippen LogP contribution in [0.4, 0.5) is 11.9 Å². The van der Waals surface area contributed by atoms with Crippen LogP contribution in [-0.4, -0.2) is 32.8 Å². The third-order valence-electron chi connectivity index (χ3n) is 5.31. The number of benzene rings is 1. The number of anilines is 2. The maximum Gasteiger partial charge on any atom is 0.230 e. The number of rotatable bonds is 4. The molecule has 0 amide bonds. The third-order valence-corrected chi connectivity index (χ3v) is 5.31. The molecule has 3 aromatic heterocycles. The normalized spacial score (nSPS) is 15.8. The topological polar surface area (TPSA) is 103 Å². The number of para-hydroxylation sites is 1. The number of Topliss-reactive ketones (excluding diaryl/α,β-unsaturated/α-hetero) is 1. The number of aromatic nitrogens is 4. The van der Waals surface area contributed by atoms with E-state index in [0.29, 0.717) is 47.3 Å². The van der Waals surface area contributed by atoms with Crippen LogP contribution < -0.4 is 10.1 Å². The Hall–Kier alpha value is -3.81. The molecule has 5 rings (SSSR count). The first kappa shape index (κ1) is 18.2. The number of fused-ring (bicyclic) bond motifs is 2. The van der Waals surface area contributed by atoms with Crippen LogP contribution >= 0.6 is 0 Å². The molecule has 30 heavy (non-hydrogen) atoms. The van der Waals surface area contributed by atoms with Crippen molar-refractivity contribution in [2.75, 3.05) is 12.4 Å². The van der Waals surface area contributed by atoms with Gasteiger partial charge in [0.2, 0.25) is 11.9 Å². The molecule has 1 aliphatic rings. The van der Waals surface area contributed by atoms with Gasteiger partial charge in [-0.3, -0.25) is 10.1 Å². The SMILES string of the molecule is COc1cccc2c(C)nc(Nc3ncc4c(n3)CC(c3ccco3)CC4=O)nc12. The first-order chi connectivity index (χ1) is 14.6. The summed E-state index contributed by atoms with van der Waals surface area (Å²) in [6, 6.07) is 9.43. The minimum atomic E-state index is -0.0221. The molecule has 0 aliphatic heterocycles. The van der Waals surface area contributed by atoms with E-state index in [0.717, 1.165) is 16.8 Å². The molecule has 8 heteroatoms. The molecule has 1 atom stereocenters. The third kappa shape index (κ3) is 3.16. The Kier molecular flexibility index (Phi) is 4.39. The van der Waals surface area contributed by atoms with Gasteiger partial charge in [0.25, 0.3) is 0 Å². The van der Waals surface area contributed by atoms with Crippen molar-refractivity contribution in [1.82, 2.24) is 19.9 Å². The molecule has 150 valence electrons. The van der Waals surface area contributed by atoms with Gasteiger partial charge in [-0.25, -0.2) is 19.9 Å². The van der Waals surface area contributed by atoms with Crippen LogP contribution in [0.5, 0.6) is 5.75 Å². The molecular weight excluding hydrogens is 382 g/mol. The summed E-state index contributed by atoms with van der Waals surface area (Å²) in [4.78, 5) is 30.5. The average Bonchev–Trinajstić information content (AvgIpc) is 3.28. The Bertz CT molecular complexity index is 1250. The first-order valence-electron chi connectivity index (χ1n) is 9.63. The van der Waals surface area contributed by atoms with E-state index in [-0.39, 0.29) is 11.7 Å². The van der Waals surface area contributed by atoms with Gasteiger partial charge >= 0.3 is 0 Å². The molecule has 4 aromatic rings. The number of hydrogen-bond acceptors (Lipinski definition) is 8. The molecule has 0 spiro atoms. The van der Waals surface area contributed by atoms with Crippen molar-refractivity contribution < 1.29 is 13.9 Å². The van der Waals surface area contributed by atoms with E-state index in [1.165, 1.54) is 0 Å². The molecule has 1 aromatic carbocycles. The van der Waals surface area contributed by atoms with Crippen LogP contribution in [0, 0.1) is 6.92 Å². The van der Waals surface area contributed by atoms with Crippen LogP contribution in [-0.2, 0) is 6.42 Å². The number of methoxy groups -OCH3 is 1. The van der Waals surface area contributed by atoms with Gasteiger partial charge in [0.15, 0.2) is 5.78 Å². The lowest BCUT2D eigenvalue weighted by Crippen LogP contribution is -2.21. The lowest BCUT2D eigenvalue weighted by Gasteiger charge is -2.21. The van der Waals surface area contributed by atoms with Crippen LogP contribution in [0.1, 0.15) is 39.8 Å². The maximum absolute atomic E-state index is 12.5. The largest absolute Gasteiger partial charge is 0.494 e. The van der Waals surface area contributed by atoms with E-state index in [1.807, 2.05) is 37.3 Å². The highest BCUT2D eigenvalue weighted by Crippen LogP contribution is 2.32. The molecule has 1 unspecified atom stereocenters. The van der Waals surface area contributed by atoms with E-state index in [4.69, 9.17) is 9.15 Å². The zero-order valence-corrected chi connectivity index (χ0v) is 16.5. The number of carbonyl (C=O) groups excluding carboxylic acids is 1. The molecule has 0 saturated heterocycles. The van der Waals surface area contributed by atoms with Gasteiger partial charge in [0.05, 0.1) is 30.3 Å². The van der Waals surface area contributed by atoms with Crippen LogP contribution in [0.25, 0.3) is 10.9 Å². The Balaban J connectivity index is 1.48. The summed E-state index contributed by atoms with van der Waals surface area (Å²) in [5, 5.41) is 3.98. The van der Waals surface area contributed by atoms with Crippen molar-refractivity contribution in [3.8, 4) is 5.75 Å². The van der Waals surface area contributed by atoms with E-state index >= 15 is 0 Å². The number of furan rings is 1. The van der Waals surface area contributed by atoms with Gasteiger partial charge in [-0.05, 0) is 25.1 Å². The Morgan fingerprint density at radius 3 is 2.80 bits per heavy atom. The summed E-state index contributed by atoms with van der Waals surface area (Å²) in [6.07, 6.45) is 4.19. The molecule has 3 heterocycles. The molecule has 1 N–H and O–H groups in total. The van der Waals surface area contributed by atoms with Gasteiger partial charge in [0, 0.05) is 30.3 Å². The summed E-state index contributed by atoms with van der Waals surface area (Å²) in [5.41, 5.74) is 2.77. The molecule has 0 saturated carbocycles. The maximum atomic E-state index is 12.5. The number of hydrogen-bond donors (Lipinski definition) is 1. The van der Waals surface area contributed by atoms with Crippen molar-refractivity contribution in [1.29, 1.82) is 0 Å². The fourth-order valence-electron chi connectivity index (χ4n) is 3.83. The lowest BCUT2D eigenvalue weighted by molar-refractivity contribution is 0.0958. The molecule has 1 aliphatic carbocycles. The minimum Gasteiger partial charge on any atom is -0.494 e. The van der Waals surface area contributed by atoms with Gasteiger partial charge in [-0.1, -0.05) is 12.1 Å². The fraction of sp³-hybridized carbons (Fsp3) is 0.227. The summed E-state index contributed by atoms with van der Waals surface area (Å²) >= 11 is 0. The number of aryl methyl sites for hydroxylation is 1. The molecule has 0 bridgehead atoms. The van der Waals surface area contributed by atoms with E-state index in [1.54, 1.807) is 19.6 Å². The predicted molar refractivity (Wildman–Crippen MR) is 110 cm³/mol. The zero-order chi connectivity index (χ0) is 20.7.